The number of ether oxygens (including phenoxy) is 2. The molecule has 1 aromatic carbocycles. The van der Waals surface area contributed by atoms with E-state index in [1.807, 2.05) is 0 Å². The van der Waals surface area contributed by atoms with Crippen LogP contribution in [0.2, 0.25) is 0 Å². The summed E-state index contributed by atoms with van der Waals surface area (Å²) in [5, 5.41) is 29.6. The quantitative estimate of drug-likeness (QED) is 0.0965. The van der Waals surface area contributed by atoms with Gasteiger partial charge in [0.1, 0.15) is 40.9 Å². The zero-order valence-electron chi connectivity index (χ0n) is 27.3. The molecule has 2 aromatic rings. The van der Waals surface area contributed by atoms with Crippen molar-refractivity contribution < 1.29 is 46.5 Å². The lowest BCUT2D eigenvalue weighted by atomic mass is 9.96. The van der Waals surface area contributed by atoms with Gasteiger partial charge in [0, 0.05) is 7.05 Å². The van der Waals surface area contributed by atoms with Gasteiger partial charge >= 0.3 is 13.7 Å². The standard InChI is InChI=1S/C28H43N8O10PS/c1-27(2,25(38)44-17-11-9-10-12-17)33-47(40,46-18-13-7-6-8-14-18)43-15-19-21(37)28(3,39)24(45-19)36-16-30-20-22(31-26(29)32-23(20)36)35(4)34-48(5,41)42/h6-8,13-14,17,19,21,24,30,34,37,39H,9-12,15-16H2,1-5H3,(H,33,40)(H2,29,31,32)/t19?,21-,24?,28-,47?/m1/s1. The number of hydrazine groups is 1. The van der Waals surface area contributed by atoms with Crippen molar-refractivity contribution in [1.29, 1.82) is 0 Å². The molecule has 1 aromatic heterocycles. The van der Waals surface area contributed by atoms with Gasteiger partial charge in [-0.25, -0.2) is 13.0 Å². The fourth-order valence-electron chi connectivity index (χ4n) is 5.77. The number of nitrogens with two attached hydrogens (primary N) is 1. The number of nitrogens with one attached hydrogen (secondary N) is 3. The first-order valence-corrected chi connectivity index (χ1v) is 18.8. The smallest absolute Gasteiger partial charge is 0.459 e. The minimum absolute atomic E-state index is 0.00274. The van der Waals surface area contributed by atoms with Crippen LogP contribution in [0.3, 0.4) is 0 Å². The van der Waals surface area contributed by atoms with Crippen molar-refractivity contribution in [3.63, 3.8) is 0 Å². The Labute approximate surface area is 278 Å². The second-order valence-corrected chi connectivity index (χ2v) is 16.2. The van der Waals surface area contributed by atoms with Crippen molar-refractivity contribution in [2.75, 3.05) is 47.5 Å². The molecule has 0 amide bonds. The second-order valence-electron chi connectivity index (χ2n) is 12.8. The van der Waals surface area contributed by atoms with Gasteiger partial charge in [-0.3, -0.25) is 14.3 Å². The Hall–Kier alpha value is -3.29. The summed E-state index contributed by atoms with van der Waals surface area (Å²) in [5.41, 5.74) is 2.80. The molecule has 3 aliphatic rings. The molecule has 266 valence electrons. The second kappa shape index (κ2) is 13.5. The van der Waals surface area contributed by atoms with Gasteiger partial charge in [-0.2, -0.15) is 15.1 Å². The van der Waals surface area contributed by atoms with E-state index < -0.39 is 59.9 Å². The van der Waals surface area contributed by atoms with E-state index in [9.17, 15) is 28.0 Å². The highest BCUT2D eigenvalue weighted by Gasteiger charge is 2.56. The van der Waals surface area contributed by atoms with Crippen molar-refractivity contribution in [1.82, 2.24) is 19.9 Å². The lowest BCUT2D eigenvalue weighted by Crippen LogP contribution is -2.53. The first-order valence-electron chi connectivity index (χ1n) is 15.3. The Morgan fingerprint density at radius 1 is 1.27 bits per heavy atom. The molecule has 48 heavy (non-hydrogen) atoms. The number of para-hydroxylation sites is 1. The van der Waals surface area contributed by atoms with Crippen LogP contribution >= 0.6 is 7.75 Å². The Bertz CT molecular complexity index is 1640. The van der Waals surface area contributed by atoms with Crippen LogP contribution in [-0.2, 0) is 33.4 Å². The topological polar surface area (TPSA) is 240 Å². The van der Waals surface area contributed by atoms with Crippen molar-refractivity contribution in [2.24, 2.45) is 0 Å². The Morgan fingerprint density at radius 3 is 2.58 bits per heavy atom. The lowest BCUT2D eigenvalue weighted by molar-refractivity contribution is -0.155. The van der Waals surface area contributed by atoms with Crippen LogP contribution in [0, 0.1) is 0 Å². The summed E-state index contributed by atoms with van der Waals surface area (Å²) in [5.74, 6) is -0.372. The van der Waals surface area contributed by atoms with Crippen LogP contribution in [0.15, 0.2) is 30.3 Å². The van der Waals surface area contributed by atoms with Gasteiger partial charge in [0.15, 0.2) is 17.9 Å². The fraction of sp³-hybridized carbons (Fsp3) is 0.607. The average molecular weight is 715 g/mol. The molecule has 0 spiro atoms. The predicted octanol–water partition coefficient (Wildman–Crippen LogP) is 1.04. The number of hydrogen-bond acceptors (Lipinski definition) is 16. The Kier molecular flexibility index (Phi) is 10.2. The molecule has 20 heteroatoms. The van der Waals surface area contributed by atoms with Crippen LogP contribution in [0.5, 0.6) is 5.75 Å². The Morgan fingerprint density at radius 2 is 1.94 bits per heavy atom. The number of sulfonamides is 1. The van der Waals surface area contributed by atoms with E-state index in [0.29, 0.717) is 0 Å². The molecule has 0 radical (unpaired) electrons. The van der Waals surface area contributed by atoms with E-state index in [0.717, 1.165) is 36.9 Å². The highest BCUT2D eigenvalue weighted by atomic mass is 32.2. The summed E-state index contributed by atoms with van der Waals surface area (Å²) in [4.78, 5) is 25.3. The molecule has 3 heterocycles. The number of aliphatic hydroxyl groups excluding tert-OH is 1. The van der Waals surface area contributed by atoms with Gasteiger partial charge < -0.3 is 40.2 Å². The molecule has 0 bridgehead atoms. The van der Waals surface area contributed by atoms with E-state index in [-0.39, 0.29) is 41.8 Å². The molecule has 5 atom stereocenters. The summed E-state index contributed by atoms with van der Waals surface area (Å²) in [6.07, 6.45) is 0.103. The highest BCUT2D eigenvalue weighted by Crippen LogP contribution is 2.48. The molecule has 18 nitrogen and oxygen atoms in total. The van der Waals surface area contributed by atoms with Crippen molar-refractivity contribution in [3.05, 3.63) is 30.3 Å². The van der Waals surface area contributed by atoms with Gasteiger partial charge in [0.25, 0.3) is 0 Å². The first kappa shape index (κ1) is 36.0. The number of aromatic nitrogens is 2. The maximum Gasteiger partial charge on any atom is 0.459 e. The third kappa shape index (κ3) is 7.94. The molecule has 5 rings (SSSR count). The maximum atomic E-state index is 14.2. The normalized spacial score (nSPS) is 25.7. The third-order valence-corrected chi connectivity index (χ3v) is 10.5. The summed E-state index contributed by atoms with van der Waals surface area (Å²) >= 11 is 0. The van der Waals surface area contributed by atoms with Crippen molar-refractivity contribution >= 4 is 47.0 Å². The van der Waals surface area contributed by atoms with Gasteiger partial charge in [-0.1, -0.05) is 18.2 Å². The molecule has 2 fully saturated rings. The summed E-state index contributed by atoms with van der Waals surface area (Å²) in [7, 11) is -6.61. The number of aliphatic hydroxyl groups is 2. The lowest BCUT2D eigenvalue weighted by Gasteiger charge is -2.33. The number of nitrogens with zero attached hydrogens (tertiary/aromatic N) is 4. The average Bonchev–Trinajstić information content (AvgIpc) is 3.70. The maximum absolute atomic E-state index is 14.2. The first-order chi connectivity index (χ1) is 22.4. The van der Waals surface area contributed by atoms with Crippen molar-refractivity contribution in [3.8, 4) is 5.75 Å². The van der Waals surface area contributed by atoms with Gasteiger partial charge in [-0.05, 0) is 58.6 Å². The zero-order chi connectivity index (χ0) is 35.1. The minimum atomic E-state index is -4.37. The fourth-order valence-corrected chi connectivity index (χ4v) is 8.04. The molecule has 3 unspecified atom stereocenters. The monoisotopic (exact) mass is 714 g/mol. The number of benzene rings is 1. The highest BCUT2D eigenvalue weighted by molar-refractivity contribution is 7.88. The number of nitrogen functional groups attached to an aromatic ring is 1. The number of rotatable bonds is 13. The van der Waals surface area contributed by atoms with E-state index in [2.05, 4.69) is 25.2 Å². The summed E-state index contributed by atoms with van der Waals surface area (Å²) in [6, 6.07) is 8.21. The van der Waals surface area contributed by atoms with Crippen LogP contribution in [0.1, 0.15) is 46.5 Å². The number of esters is 1. The largest absolute Gasteiger partial charge is 0.461 e. The molecule has 1 saturated carbocycles. The molecule has 2 aliphatic heterocycles. The number of hydrogen-bond donors (Lipinski definition) is 6. The minimum Gasteiger partial charge on any atom is -0.461 e. The summed E-state index contributed by atoms with van der Waals surface area (Å²) < 4.78 is 61.2. The molecular formula is C28H43N8O10PS. The van der Waals surface area contributed by atoms with Crippen LogP contribution < -0.4 is 35.4 Å². The number of anilines is 4. The molecule has 1 aliphatic carbocycles. The van der Waals surface area contributed by atoms with Crippen molar-refractivity contribution in [2.45, 2.75) is 82.1 Å². The zero-order valence-corrected chi connectivity index (χ0v) is 29.0. The predicted molar refractivity (Wildman–Crippen MR) is 175 cm³/mol. The molecule has 7 N–H and O–H groups in total. The van der Waals surface area contributed by atoms with Gasteiger partial charge in [-0.15, -0.1) is 4.83 Å². The third-order valence-electron chi connectivity index (χ3n) is 8.12. The number of carbonyl (C=O) groups excluding carboxylic acids is 1. The van der Waals surface area contributed by atoms with Crippen LogP contribution in [-0.4, -0.2) is 96.8 Å². The van der Waals surface area contributed by atoms with Crippen LogP contribution in [0.25, 0.3) is 0 Å². The molecule has 1 saturated heterocycles. The van der Waals surface area contributed by atoms with Crippen LogP contribution in [0.4, 0.5) is 23.3 Å². The van der Waals surface area contributed by atoms with E-state index in [1.54, 1.807) is 30.3 Å². The van der Waals surface area contributed by atoms with E-state index >= 15 is 0 Å². The van der Waals surface area contributed by atoms with Gasteiger partial charge in [0.05, 0.1) is 19.5 Å². The SMILES string of the molecule is CN(NS(C)(=O)=O)c1nc(N)nc2c1NCN2C1OC(COP(=O)(NC(C)(C)C(=O)OC2CCCC2)Oc2ccccc2)[C@@H](O)[C@@]1(C)O. The van der Waals surface area contributed by atoms with E-state index in [1.165, 1.54) is 32.7 Å². The molecular weight excluding hydrogens is 671 g/mol. The van der Waals surface area contributed by atoms with E-state index in [4.69, 9.17) is 24.3 Å². The summed E-state index contributed by atoms with van der Waals surface area (Å²) in [6.45, 7) is 3.81. The van der Waals surface area contributed by atoms with Gasteiger partial charge in [0.2, 0.25) is 16.0 Å². The number of carbonyl (C=O) groups is 1. The number of fused-ring (bicyclic) bond motifs is 1. The Balaban J connectivity index is 1.35.